The van der Waals surface area contributed by atoms with Gasteiger partial charge in [0.2, 0.25) is 5.88 Å². The summed E-state index contributed by atoms with van der Waals surface area (Å²) in [7, 11) is 0. The number of anilines is 1. The number of hydrogen-bond acceptors (Lipinski definition) is 5. The van der Waals surface area contributed by atoms with Crippen LogP contribution in [0.1, 0.15) is 10.4 Å². The molecule has 0 spiro atoms. The van der Waals surface area contributed by atoms with E-state index < -0.39 is 23.6 Å². The van der Waals surface area contributed by atoms with E-state index in [1.54, 1.807) is 0 Å². The average molecular weight is 288 g/mol. The normalized spacial score (nSPS) is 11.3. The number of nitrogens with two attached hydrogens (primary N) is 1. The van der Waals surface area contributed by atoms with Gasteiger partial charge in [-0.2, -0.15) is 0 Å². The molecular formula is C11H7F3N2O4. The number of ether oxygens (including phenoxy) is 1. The molecule has 0 bridgehead atoms. The quantitative estimate of drug-likeness (QED) is 0.907. The molecule has 0 saturated heterocycles. The van der Waals surface area contributed by atoms with Gasteiger partial charge >= 0.3 is 6.36 Å². The van der Waals surface area contributed by atoms with E-state index in [1.807, 2.05) is 0 Å². The van der Waals surface area contributed by atoms with Gasteiger partial charge in [-0.15, -0.1) is 13.2 Å². The molecule has 0 aliphatic heterocycles. The highest BCUT2D eigenvalue weighted by molar-refractivity contribution is 5.95. The van der Waals surface area contributed by atoms with Gasteiger partial charge in [0.15, 0.2) is 0 Å². The molecule has 0 radical (unpaired) electrons. The molecule has 0 atom stereocenters. The van der Waals surface area contributed by atoms with Crippen molar-refractivity contribution in [2.75, 3.05) is 5.73 Å². The third-order valence-electron chi connectivity index (χ3n) is 2.18. The highest BCUT2D eigenvalue weighted by Crippen LogP contribution is 2.22. The van der Waals surface area contributed by atoms with Crippen LogP contribution >= 0.6 is 0 Å². The van der Waals surface area contributed by atoms with Gasteiger partial charge in [0, 0.05) is 5.56 Å². The van der Waals surface area contributed by atoms with E-state index in [9.17, 15) is 22.8 Å². The van der Waals surface area contributed by atoms with Crippen molar-refractivity contribution in [3.8, 4) is 5.75 Å². The zero-order valence-electron chi connectivity index (χ0n) is 9.68. The first-order valence-electron chi connectivity index (χ1n) is 5.15. The van der Waals surface area contributed by atoms with Gasteiger partial charge in [0.25, 0.3) is 11.5 Å². The average Bonchev–Trinajstić information content (AvgIpc) is 2.66. The molecule has 0 aliphatic rings. The van der Waals surface area contributed by atoms with Crippen LogP contribution < -0.4 is 16.0 Å². The Labute approximate surface area is 109 Å². The van der Waals surface area contributed by atoms with Gasteiger partial charge < -0.3 is 15.0 Å². The Kier molecular flexibility index (Phi) is 3.26. The van der Waals surface area contributed by atoms with Crippen LogP contribution in [0.15, 0.2) is 39.6 Å². The summed E-state index contributed by atoms with van der Waals surface area (Å²) in [5.74, 6) is -1.59. The van der Waals surface area contributed by atoms with Crippen molar-refractivity contribution in [3.05, 3.63) is 46.2 Å². The van der Waals surface area contributed by atoms with Crippen LogP contribution in [0.2, 0.25) is 0 Å². The maximum Gasteiger partial charge on any atom is 0.573 e. The summed E-state index contributed by atoms with van der Waals surface area (Å²) in [6.45, 7) is 0. The Morgan fingerprint density at radius 2 is 1.85 bits per heavy atom. The number of nitrogens with zero attached hydrogens (tertiary/aromatic N) is 1. The number of rotatable bonds is 2. The van der Waals surface area contributed by atoms with Gasteiger partial charge in [0.05, 0.1) is 6.07 Å². The molecule has 6 nitrogen and oxygen atoms in total. The second-order valence-electron chi connectivity index (χ2n) is 3.65. The van der Waals surface area contributed by atoms with Gasteiger partial charge in [-0.1, -0.05) is 4.74 Å². The van der Waals surface area contributed by atoms with Crippen molar-refractivity contribution < 1.29 is 27.2 Å². The Bertz CT molecular complexity index is 685. The minimum Gasteiger partial charge on any atom is -0.406 e. The maximum atomic E-state index is 12.0. The van der Waals surface area contributed by atoms with Crippen molar-refractivity contribution in [2.45, 2.75) is 6.36 Å². The Hall–Kier alpha value is -2.71. The van der Waals surface area contributed by atoms with Crippen molar-refractivity contribution in [2.24, 2.45) is 0 Å². The fourth-order valence-electron chi connectivity index (χ4n) is 1.42. The lowest BCUT2D eigenvalue weighted by Gasteiger charge is -2.08. The Morgan fingerprint density at radius 3 is 2.30 bits per heavy atom. The molecule has 1 aromatic heterocycles. The summed E-state index contributed by atoms with van der Waals surface area (Å²) in [4.78, 5) is 23.1. The van der Waals surface area contributed by atoms with E-state index in [0.29, 0.717) is 4.74 Å². The molecule has 20 heavy (non-hydrogen) atoms. The summed E-state index contributed by atoms with van der Waals surface area (Å²) in [6, 6.07) is 4.91. The Balaban J connectivity index is 2.24. The second kappa shape index (κ2) is 4.76. The van der Waals surface area contributed by atoms with Crippen molar-refractivity contribution in [3.63, 3.8) is 0 Å². The first kappa shape index (κ1) is 13.7. The maximum absolute atomic E-state index is 12.0. The number of carbonyl (C=O) groups excluding carboxylic acids is 1. The number of alkyl halides is 3. The lowest BCUT2D eigenvalue weighted by molar-refractivity contribution is -0.274. The van der Waals surface area contributed by atoms with Crippen LogP contribution in [-0.4, -0.2) is 17.0 Å². The molecule has 1 heterocycles. The molecule has 0 aliphatic carbocycles. The van der Waals surface area contributed by atoms with Crippen LogP contribution in [0.5, 0.6) is 5.75 Å². The highest BCUT2D eigenvalue weighted by Gasteiger charge is 2.31. The van der Waals surface area contributed by atoms with Gasteiger partial charge in [-0.3, -0.25) is 9.59 Å². The van der Waals surface area contributed by atoms with E-state index >= 15 is 0 Å². The van der Waals surface area contributed by atoms with Crippen LogP contribution in [-0.2, 0) is 0 Å². The monoisotopic (exact) mass is 288 g/mol. The van der Waals surface area contributed by atoms with Gasteiger partial charge in [0.1, 0.15) is 5.75 Å². The van der Waals surface area contributed by atoms with E-state index in [0.717, 1.165) is 30.3 Å². The summed E-state index contributed by atoms with van der Waals surface area (Å²) < 4.78 is 44.6. The lowest BCUT2D eigenvalue weighted by atomic mass is 10.2. The van der Waals surface area contributed by atoms with E-state index in [4.69, 9.17) is 5.73 Å². The standard InChI is InChI=1S/C11H7F3N2O4/c12-11(13,14)19-7-3-1-6(2-4-7)10(18)16-9(17)5-8(15)20-16/h1-5H,15H2. The number of hydrogen-bond donors (Lipinski definition) is 1. The van der Waals surface area contributed by atoms with Crippen LogP contribution in [0, 0.1) is 0 Å². The Morgan fingerprint density at radius 1 is 1.25 bits per heavy atom. The summed E-state index contributed by atoms with van der Waals surface area (Å²) >= 11 is 0. The zero-order valence-corrected chi connectivity index (χ0v) is 9.68. The van der Waals surface area contributed by atoms with Gasteiger partial charge in [-0.25, -0.2) is 0 Å². The zero-order chi connectivity index (χ0) is 14.9. The molecule has 2 aromatic rings. The first-order valence-corrected chi connectivity index (χ1v) is 5.15. The van der Waals surface area contributed by atoms with Crippen LogP contribution in [0.4, 0.5) is 19.1 Å². The third-order valence-corrected chi connectivity index (χ3v) is 2.18. The predicted molar refractivity (Wildman–Crippen MR) is 60.2 cm³/mol. The molecule has 0 saturated carbocycles. The summed E-state index contributed by atoms with van der Waals surface area (Å²) in [5.41, 5.74) is 4.37. The lowest BCUT2D eigenvalue weighted by Crippen LogP contribution is -2.22. The van der Waals surface area contributed by atoms with Crippen LogP contribution in [0.3, 0.4) is 0 Å². The highest BCUT2D eigenvalue weighted by atomic mass is 19.4. The molecule has 0 fully saturated rings. The van der Waals surface area contributed by atoms with Crippen molar-refractivity contribution in [1.82, 2.24) is 4.74 Å². The van der Waals surface area contributed by atoms with Gasteiger partial charge in [-0.05, 0) is 24.3 Å². The number of halogens is 3. The second-order valence-corrected chi connectivity index (χ2v) is 3.65. The SMILES string of the molecule is Nc1cc(=O)n(C(=O)c2ccc(OC(F)(F)F)cc2)o1. The molecule has 106 valence electrons. The molecule has 2 rings (SSSR count). The molecule has 0 amide bonds. The molecule has 2 N–H and O–H groups in total. The van der Waals surface area contributed by atoms with E-state index in [-0.39, 0.29) is 11.4 Å². The molecule has 0 unspecified atom stereocenters. The molecular weight excluding hydrogens is 281 g/mol. The summed E-state index contributed by atoms with van der Waals surface area (Å²) in [5, 5.41) is 0. The largest absolute Gasteiger partial charge is 0.573 e. The minimum atomic E-state index is -4.82. The summed E-state index contributed by atoms with van der Waals surface area (Å²) in [6.07, 6.45) is -4.82. The topological polar surface area (TPSA) is 87.5 Å². The van der Waals surface area contributed by atoms with E-state index in [2.05, 4.69) is 9.26 Å². The van der Waals surface area contributed by atoms with Crippen molar-refractivity contribution >= 4 is 11.8 Å². The number of benzene rings is 1. The molecule has 1 aromatic carbocycles. The number of carbonyl (C=O) groups is 1. The fourth-order valence-corrected chi connectivity index (χ4v) is 1.42. The molecule has 9 heteroatoms. The third kappa shape index (κ3) is 2.99. The van der Waals surface area contributed by atoms with E-state index in [1.165, 1.54) is 0 Å². The first-order chi connectivity index (χ1) is 9.26. The van der Waals surface area contributed by atoms with Crippen molar-refractivity contribution in [1.29, 1.82) is 0 Å². The van der Waals surface area contributed by atoms with Crippen LogP contribution in [0.25, 0.3) is 0 Å². The smallest absolute Gasteiger partial charge is 0.406 e. The minimum absolute atomic E-state index is 0.0593. The fraction of sp³-hybridized carbons (Fsp3) is 0.0909. The number of nitrogen functional groups attached to an aromatic ring is 1. The predicted octanol–water partition coefficient (Wildman–Crippen LogP) is 1.61. The number of aromatic nitrogens is 1.